The van der Waals surface area contributed by atoms with Gasteiger partial charge in [-0.1, -0.05) is 19.1 Å². The highest BCUT2D eigenvalue weighted by molar-refractivity contribution is 7.92. The SMILES string of the molecule is CCc1cc(-c2ccc(NS(=O)(=O)c3cccc(C)c3)nc2C)cc2cnc(N)nc12. The molecule has 2 aromatic heterocycles. The fourth-order valence-corrected chi connectivity index (χ4v) is 4.67. The van der Waals surface area contributed by atoms with Gasteiger partial charge in [-0.05, 0) is 73.4 Å². The number of rotatable bonds is 5. The lowest BCUT2D eigenvalue weighted by Crippen LogP contribution is -2.14. The fraction of sp³-hybridized carbons (Fsp3) is 0.174. The van der Waals surface area contributed by atoms with E-state index in [2.05, 4.69) is 32.7 Å². The maximum atomic E-state index is 12.7. The number of nitrogens with zero attached hydrogens (tertiary/aromatic N) is 3. The summed E-state index contributed by atoms with van der Waals surface area (Å²) in [6, 6.07) is 14.4. The Balaban J connectivity index is 1.70. The molecule has 7 nitrogen and oxygen atoms in total. The summed E-state index contributed by atoms with van der Waals surface area (Å²) in [6.07, 6.45) is 2.51. The minimum absolute atomic E-state index is 0.206. The normalized spacial score (nSPS) is 11.6. The lowest BCUT2D eigenvalue weighted by Gasteiger charge is -2.13. The highest BCUT2D eigenvalue weighted by Crippen LogP contribution is 2.30. The smallest absolute Gasteiger partial charge is 0.263 e. The van der Waals surface area contributed by atoms with Crippen LogP contribution in [0.4, 0.5) is 11.8 Å². The minimum atomic E-state index is -3.71. The van der Waals surface area contributed by atoms with Gasteiger partial charge in [-0.3, -0.25) is 4.72 Å². The van der Waals surface area contributed by atoms with Crippen LogP contribution in [0.3, 0.4) is 0 Å². The summed E-state index contributed by atoms with van der Waals surface area (Å²) in [5, 5.41) is 0.896. The molecule has 31 heavy (non-hydrogen) atoms. The minimum Gasteiger partial charge on any atom is -0.368 e. The van der Waals surface area contributed by atoms with Crippen LogP contribution in [-0.4, -0.2) is 23.4 Å². The van der Waals surface area contributed by atoms with Crippen LogP contribution in [0.5, 0.6) is 0 Å². The van der Waals surface area contributed by atoms with Gasteiger partial charge in [0.1, 0.15) is 5.82 Å². The fourth-order valence-electron chi connectivity index (χ4n) is 3.56. The van der Waals surface area contributed by atoms with E-state index in [0.29, 0.717) is 5.69 Å². The Labute approximate surface area is 181 Å². The third-order valence-electron chi connectivity index (χ3n) is 5.10. The first-order valence-electron chi connectivity index (χ1n) is 9.89. The van der Waals surface area contributed by atoms with Gasteiger partial charge in [0, 0.05) is 22.8 Å². The zero-order chi connectivity index (χ0) is 22.2. The Bertz CT molecular complexity index is 1400. The van der Waals surface area contributed by atoms with E-state index in [1.165, 1.54) is 0 Å². The number of pyridine rings is 1. The van der Waals surface area contributed by atoms with E-state index in [4.69, 9.17) is 5.73 Å². The Morgan fingerprint density at radius 3 is 2.55 bits per heavy atom. The number of benzene rings is 2. The van der Waals surface area contributed by atoms with Crippen LogP contribution in [0.1, 0.15) is 23.7 Å². The predicted octanol–water partition coefficient (Wildman–Crippen LogP) is 4.25. The molecule has 0 bridgehead atoms. The van der Waals surface area contributed by atoms with E-state index in [1.807, 2.05) is 32.0 Å². The van der Waals surface area contributed by atoms with Gasteiger partial charge in [0.05, 0.1) is 10.4 Å². The molecule has 4 aromatic rings. The van der Waals surface area contributed by atoms with Gasteiger partial charge >= 0.3 is 0 Å². The topological polar surface area (TPSA) is 111 Å². The van der Waals surface area contributed by atoms with E-state index in [0.717, 1.165) is 39.6 Å². The van der Waals surface area contributed by atoms with Crippen molar-refractivity contribution < 1.29 is 8.42 Å². The van der Waals surface area contributed by atoms with Crippen molar-refractivity contribution in [3.8, 4) is 11.1 Å². The van der Waals surface area contributed by atoms with Crippen molar-refractivity contribution in [2.45, 2.75) is 32.1 Å². The van der Waals surface area contributed by atoms with Gasteiger partial charge in [0.2, 0.25) is 5.95 Å². The molecule has 0 spiro atoms. The molecule has 0 aliphatic rings. The lowest BCUT2D eigenvalue weighted by molar-refractivity contribution is 0.601. The van der Waals surface area contributed by atoms with E-state index in [-0.39, 0.29) is 16.7 Å². The van der Waals surface area contributed by atoms with E-state index in [1.54, 1.807) is 30.5 Å². The summed E-state index contributed by atoms with van der Waals surface area (Å²) in [4.78, 5) is 13.2. The molecule has 8 heteroatoms. The quantitative estimate of drug-likeness (QED) is 0.487. The molecule has 0 saturated carbocycles. The van der Waals surface area contributed by atoms with E-state index < -0.39 is 10.0 Å². The first-order chi connectivity index (χ1) is 14.8. The molecular formula is C23H23N5O2S. The highest BCUT2D eigenvalue weighted by atomic mass is 32.2. The van der Waals surface area contributed by atoms with Crippen LogP contribution in [-0.2, 0) is 16.4 Å². The van der Waals surface area contributed by atoms with Gasteiger partial charge < -0.3 is 5.73 Å². The number of aryl methyl sites for hydroxylation is 3. The number of nitrogens with two attached hydrogens (primary N) is 1. The molecule has 0 aliphatic carbocycles. The summed E-state index contributed by atoms with van der Waals surface area (Å²) in [6.45, 7) is 5.77. The average Bonchev–Trinajstić information content (AvgIpc) is 2.73. The van der Waals surface area contributed by atoms with Crippen molar-refractivity contribution in [2.24, 2.45) is 0 Å². The highest BCUT2D eigenvalue weighted by Gasteiger charge is 2.16. The van der Waals surface area contributed by atoms with Crippen molar-refractivity contribution in [1.29, 1.82) is 0 Å². The van der Waals surface area contributed by atoms with Crippen LogP contribution in [0.25, 0.3) is 22.0 Å². The molecule has 4 rings (SSSR count). The number of fused-ring (bicyclic) bond motifs is 1. The molecular weight excluding hydrogens is 410 g/mol. The summed E-state index contributed by atoms with van der Waals surface area (Å²) in [5.74, 6) is 0.522. The van der Waals surface area contributed by atoms with Crippen molar-refractivity contribution in [3.63, 3.8) is 0 Å². The van der Waals surface area contributed by atoms with Crippen molar-refractivity contribution in [1.82, 2.24) is 15.0 Å². The van der Waals surface area contributed by atoms with E-state index in [9.17, 15) is 8.42 Å². The van der Waals surface area contributed by atoms with Crippen LogP contribution in [0.15, 0.2) is 59.6 Å². The average molecular weight is 434 g/mol. The summed E-state index contributed by atoms with van der Waals surface area (Å²) in [5.41, 5.74) is 11.1. The van der Waals surface area contributed by atoms with Gasteiger partial charge in [0.25, 0.3) is 10.0 Å². The maximum absolute atomic E-state index is 12.7. The third kappa shape index (κ3) is 4.20. The molecule has 0 radical (unpaired) electrons. The number of aromatic nitrogens is 3. The molecule has 2 aromatic carbocycles. The Hall–Kier alpha value is -3.52. The van der Waals surface area contributed by atoms with Gasteiger partial charge in [0.15, 0.2) is 0 Å². The molecule has 0 atom stereocenters. The molecule has 3 N–H and O–H groups in total. The zero-order valence-corrected chi connectivity index (χ0v) is 18.4. The Morgan fingerprint density at radius 2 is 1.84 bits per heavy atom. The van der Waals surface area contributed by atoms with Crippen molar-refractivity contribution in [2.75, 3.05) is 10.5 Å². The number of nitrogens with one attached hydrogen (secondary N) is 1. The van der Waals surface area contributed by atoms with Crippen LogP contribution in [0, 0.1) is 13.8 Å². The number of nitrogen functional groups attached to an aromatic ring is 1. The number of anilines is 2. The van der Waals surface area contributed by atoms with Crippen LogP contribution >= 0.6 is 0 Å². The number of sulfonamides is 1. The predicted molar refractivity (Wildman–Crippen MR) is 123 cm³/mol. The maximum Gasteiger partial charge on any atom is 0.263 e. The van der Waals surface area contributed by atoms with Crippen LogP contribution < -0.4 is 10.5 Å². The van der Waals surface area contributed by atoms with Gasteiger partial charge in [-0.25, -0.2) is 23.4 Å². The van der Waals surface area contributed by atoms with Crippen molar-refractivity contribution >= 4 is 32.7 Å². The summed E-state index contributed by atoms with van der Waals surface area (Å²) < 4.78 is 28.0. The van der Waals surface area contributed by atoms with Crippen LogP contribution in [0.2, 0.25) is 0 Å². The molecule has 0 fully saturated rings. The largest absolute Gasteiger partial charge is 0.368 e. The molecule has 158 valence electrons. The molecule has 0 unspecified atom stereocenters. The second kappa shape index (κ2) is 7.96. The molecule has 0 aliphatic heterocycles. The Kier molecular flexibility index (Phi) is 5.32. The second-order valence-electron chi connectivity index (χ2n) is 7.41. The van der Waals surface area contributed by atoms with Crippen molar-refractivity contribution in [3.05, 3.63) is 71.5 Å². The number of hydrogen-bond donors (Lipinski definition) is 2. The number of hydrogen-bond acceptors (Lipinski definition) is 6. The molecule has 0 amide bonds. The zero-order valence-electron chi connectivity index (χ0n) is 17.5. The van der Waals surface area contributed by atoms with E-state index >= 15 is 0 Å². The molecule has 0 saturated heterocycles. The first-order valence-corrected chi connectivity index (χ1v) is 11.4. The lowest BCUT2D eigenvalue weighted by atomic mass is 9.98. The first kappa shape index (κ1) is 20.7. The second-order valence-corrected chi connectivity index (χ2v) is 9.09. The molecule has 2 heterocycles. The monoisotopic (exact) mass is 433 g/mol. The standard InChI is InChI=1S/C23H23N5O2S/c1-4-16-11-17(12-18-13-25-23(24)27-22(16)18)20-8-9-21(26-15(20)3)28-31(29,30)19-7-5-6-14(2)10-19/h5-13H,4H2,1-3H3,(H,26,28)(H2,24,25,27). The summed E-state index contributed by atoms with van der Waals surface area (Å²) >= 11 is 0. The third-order valence-corrected chi connectivity index (χ3v) is 6.45. The summed E-state index contributed by atoms with van der Waals surface area (Å²) in [7, 11) is -3.71. The van der Waals surface area contributed by atoms with Gasteiger partial charge in [-0.15, -0.1) is 0 Å². The van der Waals surface area contributed by atoms with Gasteiger partial charge in [-0.2, -0.15) is 0 Å². The Morgan fingerprint density at radius 1 is 1.03 bits per heavy atom.